The first kappa shape index (κ1) is 12.5. The third kappa shape index (κ3) is 4.62. The molecule has 0 saturated carbocycles. The molecule has 1 aliphatic heterocycles. The minimum Gasteiger partial charge on any atom is -0.466 e. The Balaban J connectivity index is 2.10. The number of ether oxygens (including phenoxy) is 1. The number of esters is 1. The van der Waals surface area contributed by atoms with E-state index in [0.717, 1.165) is 39.3 Å². The number of nitrogens with zero attached hydrogens (tertiary/aromatic N) is 2. The van der Waals surface area contributed by atoms with E-state index >= 15 is 0 Å². The molecule has 1 saturated heterocycles. The van der Waals surface area contributed by atoms with Crippen molar-refractivity contribution in [1.29, 1.82) is 0 Å². The van der Waals surface area contributed by atoms with Crippen LogP contribution in [0.25, 0.3) is 0 Å². The summed E-state index contributed by atoms with van der Waals surface area (Å²) < 4.78 is 4.90. The van der Waals surface area contributed by atoms with Crippen LogP contribution in [0.15, 0.2) is 0 Å². The van der Waals surface area contributed by atoms with Crippen molar-refractivity contribution in [2.24, 2.45) is 0 Å². The second-order valence-electron chi connectivity index (χ2n) is 3.83. The monoisotopic (exact) mass is 214 g/mol. The van der Waals surface area contributed by atoms with Gasteiger partial charge < -0.3 is 14.5 Å². The van der Waals surface area contributed by atoms with Crippen molar-refractivity contribution in [3.8, 4) is 0 Å². The summed E-state index contributed by atoms with van der Waals surface area (Å²) in [7, 11) is 0. The van der Waals surface area contributed by atoms with Crippen LogP contribution in [0.3, 0.4) is 0 Å². The highest BCUT2D eigenvalue weighted by molar-refractivity contribution is 5.69. The van der Waals surface area contributed by atoms with Gasteiger partial charge in [-0.05, 0) is 13.5 Å². The number of carbonyl (C=O) groups is 1. The van der Waals surface area contributed by atoms with Gasteiger partial charge in [0.25, 0.3) is 0 Å². The molecule has 88 valence electrons. The molecule has 15 heavy (non-hydrogen) atoms. The molecule has 0 aromatic heterocycles. The van der Waals surface area contributed by atoms with Crippen molar-refractivity contribution >= 4 is 5.97 Å². The molecule has 0 radical (unpaired) electrons. The van der Waals surface area contributed by atoms with Crippen molar-refractivity contribution in [2.75, 3.05) is 45.9 Å². The summed E-state index contributed by atoms with van der Waals surface area (Å²) in [6, 6.07) is 0. The van der Waals surface area contributed by atoms with Crippen molar-refractivity contribution in [2.45, 2.75) is 20.3 Å². The van der Waals surface area contributed by atoms with Crippen LogP contribution in [0.2, 0.25) is 0 Å². The summed E-state index contributed by atoms with van der Waals surface area (Å²) >= 11 is 0. The van der Waals surface area contributed by atoms with Gasteiger partial charge in [0, 0.05) is 32.7 Å². The molecule has 0 unspecified atom stereocenters. The third-order valence-electron chi connectivity index (χ3n) is 2.85. The molecule has 0 spiro atoms. The average Bonchev–Trinajstić information content (AvgIpc) is 2.27. The van der Waals surface area contributed by atoms with Gasteiger partial charge in [-0.3, -0.25) is 4.79 Å². The van der Waals surface area contributed by atoms with Gasteiger partial charge >= 0.3 is 5.97 Å². The highest BCUT2D eigenvalue weighted by Gasteiger charge is 2.15. The molecule has 1 heterocycles. The quantitative estimate of drug-likeness (QED) is 0.627. The minimum atomic E-state index is -0.0737. The summed E-state index contributed by atoms with van der Waals surface area (Å²) in [6.45, 7) is 10.9. The second kappa shape index (κ2) is 6.80. The molecule has 4 heteroatoms. The van der Waals surface area contributed by atoms with E-state index < -0.39 is 0 Å². The molecule has 4 nitrogen and oxygen atoms in total. The van der Waals surface area contributed by atoms with Crippen LogP contribution in [0, 0.1) is 0 Å². The fraction of sp³-hybridized carbons (Fsp3) is 0.909. The SMILES string of the molecule is CCOC(=O)CCN1CCN(CC)CC1. The Kier molecular flexibility index (Phi) is 5.65. The van der Waals surface area contributed by atoms with E-state index in [1.807, 2.05) is 6.92 Å². The number of likely N-dealkylation sites (N-methyl/N-ethyl adjacent to an activating group) is 1. The number of piperazine rings is 1. The van der Waals surface area contributed by atoms with Gasteiger partial charge in [0.05, 0.1) is 13.0 Å². The Morgan fingerprint density at radius 3 is 2.27 bits per heavy atom. The van der Waals surface area contributed by atoms with E-state index in [4.69, 9.17) is 4.74 Å². The van der Waals surface area contributed by atoms with Crippen LogP contribution in [-0.4, -0.2) is 61.6 Å². The molecule has 0 atom stereocenters. The van der Waals surface area contributed by atoms with E-state index in [0.29, 0.717) is 13.0 Å². The minimum absolute atomic E-state index is 0.0737. The Labute approximate surface area is 92.2 Å². The van der Waals surface area contributed by atoms with E-state index in [9.17, 15) is 4.79 Å². The number of hydrogen-bond donors (Lipinski definition) is 0. The maximum Gasteiger partial charge on any atom is 0.307 e. The summed E-state index contributed by atoms with van der Waals surface area (Å²) in [5.41, 5.74) is 0. The molecule has 0 aliphatic carbocycles. The van der Waals surface area contributed by atoms with Crippen LogP contribution < -0.4 is 0 Å². The fourth-order valence-electron chi connectivity index (χ4n) is 1.81. The number of hydrogen-bond acceptors (Lipinski definition) is 4. The van der Waals surface area contributed by atoms with Gasteiger partial charge in [-0.2, -0.15) is 0 Å². The first-order valence-corrected chi connectivity index (χ1v) is 5.86. The number of rotatable bonds is 5. The molecule has 0 amide bonds. The smallest absolute Gasteiger partial charge is 0.307 e. The topological polar surface area (TPSA) is 32.8 Å². The zero-order chi connectivity index (χ0) is 11.1. The van der Waals surface area contributed by atoms with Crippen LogP contribution >= 0.6 is 0 Å². The Bertz CT molecular complexity index is 189. The van der Waals surface area contributed by atoms with Crippen LogP contribution in [-0.2, 0) is 9.53 Å². The Morgan fingerprint density at radius 2 is 1.73 bits per heavy atom. The first-order valence-electron chi connectivity index (χ1n) is 5.86. The molecule has 1 rings (SSSR count). The second-order valence-corrected chi connectivity index (χ2v) is 3.83. The molecule has 1 fully saturated rings. The fourth-order valence-corrected chi connectivity index (χ4v) is 1.81. The van der Waals surface area contributed by atoms with Crippen LogP contribution in [0.1, 0.15) is 20.3 Å². The molecule has 1 aliphatic rings. The van der Waals surface area contributed by atoms with E-state index in [-0.39, 0.29) is 5.97 Å². The van der Waals surface area contributed by atoms with Crippen LogP contribution in [0.4, 0.5) is 0 Å². The van der Waals surface area contributed by atoms with Crippen LogP contribution in [0.5, 0.6) is 0 Å². The third-order valence-corrected chi connectivity index (χ3v) is 2.85. The lowest BCUT2D eigenvalue weighted by atomic mass is 10.3. The zero-order valence-electron chi connectivity index (χ0n) is 9.87. The van der Waals surface area contributed by atoms with Gasteiger partial charge in [-0.25, -0.2) is 0 Å². The molecule has 0 N–H and O–H groups in total. The maximum atomic E-state index is 11.1. The zero-order valence-corrected chi connectivity index (χ0v) is 9.87. The largest absolute Gasteiger partial charge is 0.466 e. The van der Waals surface area contributed by atoms with Crippen molar-refractivity contribution in [3.05, 3.63) is 0 Å². The highest BCUT2D eigenvalue weighted by atomic mass is 16.5. The molecular weight excluding hydrogens is 192 g/mol. The first-order chi connectivity index (χ1) is 7.26. The summed E-state index contributed by atoms with van der Waals surface area (Å²) in [6.07, 6.45) is 0.528. The highest BCUT2D eigenvalue weighted by Crippen LogP contribution is 2.02. The van der Waals surface area contributed by atoms with Gasteiger partial charge in [0.2, 0.25) is 0 Å². The molecule has 0 aromatic carbocycles. The maximum absolute atomic E-state index is 11.1. The number of carbonyl (C=O) groups excluding carboxylic acids is 1. The van der Waals surface area contributed by atoms with Gasteiger partial charge in [0.1, 0.15) is 0 Å². The molecule has 0 bridgehead atoms. The van der Waals surface area contributed by atoms with E-state index in [1.165, 1.54) is 0 Å². The van der Waals surface area contributed by atoms with Gasteiger partial charge in [-0.15, -0.1) is 0 Å². The van der Waals surface area contributed by atoms with Gasteiger partial charge in [0.15, 0.2) is 0 Å². The molecule has 0 aromatic rings. The van der Waals surface area contributed by atoms with E-state index in [2.05, 4.69) is 16.7 Å². The predicted molar refractivity (Wildman–Crippen MR) is 59.8 cm³/mol. The lowest BCUT2D eigenvalue weighted by Crippen LogP contribution is -2.46. The van der Waals surface area contributed by atoms with Crippen molar-refractivity contribution in [1.82, 2.24) is 9.80 Å². The summed E-state index contributed by atoms with van der Waals surface area (Å²) in [5.74, 6) is -0.0737. The Morgan fingerprint density at radius 1 is 1.13 bits per heavy atom. The van der Waals surface area contributed by atoms with Crippen molar-refractivity contribution < 1.29 is 9.53 Å². The summed E-state index contributed by atoms with van der Waals surface area (Å²) in [4.78, 5) is 15.9. The average molecular weight is 214 g/mol. The van der Waals surface area contributed by atoms with Gasteiger partial charge in [-0.1, -0.05) is 6.92 Å². The summed E-state index contributed by atoms with van der Waals surface area (Å²) in [5, 5.41) is 0. The normalized spacial score (nSPS) is 19.1. The standard InChI is InChI=1S/C11H22N2O2/c1-3-12-7-9-13(10-8-12)6-5-11(14)15-4-2/h3-10H2,1-2H3. The Hall–Kier alpha value is -0.610. The van der Waals surface area contributed by atoms with E-state index in [1.54, 1.807) is 0 Å². The van der Waals surface area contributed by atoms with Crippen molar-refractivity contribution in [3.63, 3.8) is 0 Å². The predicted octanol–water partition coefficient (Wildman–Crippen LogP) is 0.577. The molecular formula is C11H22N2O2. The lowest BCUT2D eigenvalue weighted by molar-refractivity contribution is -0.143. The lowest BCUT2D eigenvalue weighted by Gasteiger charge is -2.33.